The molecule has 1 fully saturated rings. The van der Waals surface area contributed by atoms with E-state index in [1.54, 1.807) is 6.92 Å². The Kier molecular flexibility index (Phi) is 3.98. The van der Waals surface area contributed by atoms with Crippen molar-refractivity contribution in [2.75, 3.05) is 26.2 Å². The van der Waals surface area contributed by atoms with E-state index in [0.29, 0.717) is 13.1 Å². The van der Waals surface area contributed by atoms with Crippen molar-refractivity contribution in [3.8, 4) is 0 Å². The van der Waals surface area contributed by atoms with Crippen LogP contribution < -0.4 is 5.32 Å². The van der Waals surface area contributed by atoms with Gasteiger partial charge in [-0.3, -0.25) is 19.3 Å². The molecule has 1 saturated heterocycles. The second kappa shape index (κ2) is 5.24. The Bertz CT molecular complexity index is 329. The van der Waals surface area contributed by atoms with E-state index >= 15 is 0 Å². The molecule has 0 aromatic rings. The van der Waals surface area contributed by atoms with Gasteiger partial charge in [0.2, 0.25) is 6.29 Å². The van der Waals surface area contributed by atoms with Crippen molar-refractivity contribution in [2.45, 2.75) is 6.92 Å². The van der Waals surface area contributed by atoms with Gasteiger partial charge >= 0.3 is 17.8 Å². The Morgan fingerprint density at radius 2 is 2.06 bits per heavy atom. The molecule has 1 aliphatic heterocycles. The largest absolute Gasteiger partial charge is 0.333 e. The average molecular weight is 226 g/mol. The van der Waals surface area contributed by atoms with Gasteiger partial charge in [-0.25, -0.2) is 4.79 Å². The summed E-state index contributed by atoms with van der Waals surface area (Å²) in [7, 11) is 0. The van der Waals surface area contributed by atoms with Gasteiger partial charge in [0, 0.05) is 19.6 Å². The van der Waals surface area contributed by atoms with Crippen molar-refractivity contribution < 1.29 is 19.2 Å². The van der Waals surface area contributed by atoms with Crippen LogP contribution in [0.2, 0.25) is 0 Å². The lowest BCUT2D eigenvalue weighted by Crippen LogP contribution is -2.58. The zero-order valence-electron chi connectivity index (χ0n) is 8.86. The van der Waals surface area contributed by atoms with Crippen molar-refractivity contribution in [2.24, 2.45) is 0 Å². The number of amides is 4. The van der Waals surface area contributed by atoms with E-state index in [1.165, 1.54) is 11.2 Å². The monoisotopic (exact) mass is 226 g/mol. The summed E-state index contributed by atoms with van der Waals surface area (Å²) in [5.41, 5.74) is 0. The first-order valence-electron chi connectivity index (χ1n) is 4.85. The Labute approximate surface area is 92.4 Å². The average Bonchev–Trinajstić information content (AvgIpc) is 2.29. The molecular weight excluding hydrogens is 214 g/mol. The minimum absolute atomic E-state index is 0.142. The van der Waals surface area contributed by atoms with E-state index in [0.717, 1.165) is 4.90 Å². The van der Waals surface area contributed by atoms with E-state index in [2.05, 4.69) is 5.32 Å². The molecule has 1 heterocycles. The SMILES string of the molecule is CCN1CCN(C(=O)NC[C]=O)C(=O)C1=O. The minimum atomic E-state index is -0.864. The van der Waals surface area contributed by atoms with Gasteiger partial charge in [-0.15, -0.1) is 0 Å². The highest BCUT2D eigenvalue weighted by Crippen LogP contribution is 2.04. The first-order chi connectivity index (χ1) is 7.61. The van der Waals surface area contributed by atoms with Gasteiger partial charge in [0.15, 0.2) is 0 Å². The van der Waals surface area contributed by atoms with Crippen LogP contribution in [0.25, 0.3) is 0 Å². The van der Waals surface area contributed by atoms with Crippen LogP contribution in [0.4, 0.5) is 4.79 Å². The molecule has 1 radical (unpaired) electrons. The van der Waals surface area contributed by atoms with Crippen molar-refractivity contribution >= 4 is 24.1 Å². The molecule has 7 nitrogen and oxygen atoms in total. The lowest BCUT2D eigenvalue weighted by molar-refractivity contribution is -0.153. The zero-order chi connectivity index (χ0) is 12.1. The summed E-state index contributed by atoms with van der Waals surface area (Å²) in [5, 5.41) is 2.16. The molecule has 0 aromatic carbocycles. The quantitative estimate of drug-likeness (QED) is 0.593. The molecule has 16 heavy (non-hydrogen) atoms. The van der Waals surface area contributed by atoms with Crippen LogP contribution in [0.15, 0.2) is 0 Å². The first kappa shape index (κ1) is 12.2. The van der Waals surface area contributed by atoms with E-state index in [4.69, 9.17) is 0 Å². The molecule has 1 aliphatic rings. The smallest absolute Gasteiger partial charge is 0.324 e. The Balaban J connectivity index is 2.64. The number of hydrogen-bond acceptors (Lipinski definition) is 4. The fourth-order valence-corrected chi connectivity index (χ4v) is 1.38. The number of nitrogens with zero attached hydrogens (tertiary/aromatic N) is 2. The van der Waals surface area contributed by atoms with Gasteiger partial charge in [0.25, 0.3) is 0 Å². The molecule has 1 rings (SSSR count). The summed E-state index contributed by atoms with van der Waals surface area (Å²) >= 11 is 0. The molecule has 0 spiro atoms. The highest BCUT2D eigenvalue weighted by molar-refractivity contribution is 6.38. The third-order valence-corrected chi connectivity index (χ3v) is 2.25. The summed E-state index contributed by atoms with van der Waals surface area (Å²) in [6.45, 7) is 2.35. The van der Waals surface area contributed by atoms with E-state index in [9.17, 15) is 19.2 Å². The minimum Gasteiger partial charge on any atom is -0.333 e. The van der Waals surface area contributed by atoms with Crippen LogP contribution in [-0.2, 0) is 14.4 Å². The van der Waals surface area contributed by atoms with Gasteiger partial charge in [-0.2, -0.15) is 0 Å². The standard InChI is InChI=1S/C9H12N3O4/c1-2-11-4-5-12(8(15)7(11)14)9(16)10-3-6-13/h2-5H2,1H3,(H,10,16). The summed E-state index contributed by atoms with van der Waals surface area (Å²) in [6.07, 6.45) is 1.47. The van der Waals surface area contributed by atoms with Crippen LogP contribution in [0.3, 0.4) is 0 Å². The van der Waals surface area contributed by atoms with E-state index in [-0.39, 0.29) is 13.1 Å². The fourth-order valence-electron chi connectivity index (χ4n) is 1.38. The summed E-state index contributed by atoms with van der Waals surface area (Å²) in [6, 6.07) is -0.738. The normalized spacial score (nSPS) is 16.3. The highest BCUT2D eigenvalue weighted by Gasteiger charge is 2.35. The number of likely N-dealkylation sites (N-methyl/N-ethyl adjacent to an activating group) is 1. The first-order valence-corrected chi connectivity index (χ1v) is 4.85. The fraction of sp³-hybridized carbons (Fsp3) is 0.556. The molecule has 7 heteroatoms. The number of nitrogens with one attached hydrogen (secondary N) is 1. The highest BCUT2D eigenvalue weighted by atomic mass is 16.2. The number of urea groups is 1. The van der Waals surface area contributed by atoms with Gasteiger partial charge < -0.3 is 10.2 Å². The van der Waals surface area contributed by atoms with Crippen LogP contribution in [0.5, 0.6) is 0 Å². The summed E-state index contributed by atoms with van der Waals surface area (Å²) < 4.78 is 0. The van der Waals surface area contributed by atoms with E-state index in [1.807, 2.05) is 0 Å². The number of rotatable bonds is 3. The zero-order valence-corrected chi connectivity index (χ0v) is 8.86. The number of imide groups is 1. The lowest BCUT2D eigenvalue weighted by Gasteiger charge is -2.31. The van der Waals surface area contributed by atoms with Crippen molar-refractivity contribution in [3.05, 3.63) is 0 Å². The molecule has 4 amide bonds. The van der Waals surface area contributed by atoms with Gasteiger partial charge in [-0.1, -0.05) is 0 Å². The topological polar surface area (TPSA) is 86.8 Å². The number of carbonyl (C=O) groups is 3. The molecule has 0 aliphatic carbocycles. The molecule has 0 unspecified atom stereocenters. The molecule has 0 bridgehead atoms. The Morgan fingerprint density at radius 1 is 1.38 bits per heavy atom. The van der Waals surface area contributed by atoms with E-state index < -0.39 is 17.8 Å². The van der Waals surface area contributed by atoms with Crippen molar-refractivity contribution in [1.82, 2.24) is 15.1 Å². The Morgan fingerprint density at radius 3 is 2.62 bits per heavy atom. The summed E-state index contributed by atoms with van der Waals surface area (Å²) in [4.78, 5) is 46.3. The maximum atomic E-state index is 11.5. The molecule has 1 N–H and O–H groups in total. The summed E-state index contributed by atoms with van der Waals surface area (Å²) in [5.74, 6) is -1.56. The van der Waals surface area contributed by atoms with Gasteiger partial charge in [-0.05, 0) is 6.92 Å². The van der Waals surface area contributed by atoms with Crippen LogP contribution in [0, 0.1) is 0 Å². The lowest BCUT2D eigenvalue weighted by atomic mass is 10.3. The Hall–Kier alpha value is -1.92. The maximum absolute atomic E-state index is 11.5. The molecule has 87 valence electrons. The third-order valence-electron chi connectivity index (χ3n) is 2.25. The molecule has 0 atom stereocenters. The van der Waals surface area contributed by atoms with Crippen molar-refractivity contribution in [3.63, 3.8) is 0 Å². The molecular formula is C9H12N3O4. The second-order valence-corrected chi connectivity index (χ2v) is 3.14. The molecule has 0 saturated carbocycles. The number of carbonyl (C=O) groups excluding carboxylic acids is 4. The van der Waals surface area contributed by atoms with Gasteiger partial charge in [0.1, 0.15) is 0 Å². The van der Waals surface area contributed by atoms with Crippen molar-refractivity contribution in [1.29, 1.82) is 0 Å². The number of piperazine rings is 1. The third kappa shape index (κ3) is 2.36. The molecule has 0 aromatic heterocycles. The van der Waals surface area contributed by atoms with Crippen LogP contribution in [0.1, 0.15) is 6.92 Å². The van der Waals surface area contributed by atoms with Crippen LogP contribution in [-0.4, -0.2) is 60.1 Å². The predicted molar refractivity (Wildman–Crippen MR) is 53.1 cm³/mol. The number of hydrogen-bond donors (Lipinski definition) is 1. The second-order valence-electron chi connectivity index (χ2n) is 3.14. The van der Waals surface area contributed by atoms with Gasteiger partial charge in [0.05, 0.1) is 6.54 Å². The predicted octanol–water partition coefficient (Wildman–Crippen LogP) is -1.50. The van der Waals surface area contributed by atoms with Crippen LogP contribution >= 0.6 is 0 Å². The maximum Gasteiger partial charge on any atom is 0.324 e.